The van der Waals surface area contributed by atoms with Crippen molar-refractivity contribution in [3.05, 3.63) is 35.4 Å². The monoisotopic (exact) mass is 311 g/mol. The predicted molar refractivity (Wildman–Crippen MR) is 76.2 cm³/mol. The highest BCUT2D eigenvalue weighted by molar-refractivity contribution is 5.95. The lowest BCUT2D eigenvalue weighted by Gasteiger charge is -2.25. The molecule has 22 heavy (non-hydrogen) atoms. The van der Waals surface area contributed by atoms with Crippen molar-refractivity contribution in [3.63, 3.8) is 0 Å². The molecule has 1 amide bonds. The largest absolute Gasteiger partial charge is 0.466 e. The molecule has 0 heterocycles. The van der Waals surface area contributed by atoms with E-state index < -0.39 is 23.5 Å². The number of nitrogens with zero attached hydrogens (tertiary/aromatic N) is 1. The zero-order valence-electron chi connectivity index (χ0n) is 12.6. The van der Waals surface area contributed by atoms with Crippen LogP contribution in [0.2, 0.25) is 0 Å². The third-order valence-corrected chi connectivity index (χ3v) is 3.57. The van der Waals surface area contributed by atoms with Crippen LogP contribution in [0, 0.1) is 17.6 Å². The lowest BCUT2D eigenvalue weighted by Crippen LogP contribution is -2.39. The molecule has 1 unspecified atom stereocenters. The van der Waals surface area contributed by atoms with E-state index in [4.69, 9.17) is 4.74 Å². The summed E-state index contributed by atoms with van der Waals surface area (Å²) in [5, 5.41) is 0. The maximum Gasteiger partial charge on any atom is 0.310 e. The summed E-state index contributed by atoms with van der Waals surface area (Å²) >= 11 is 0. The highest BCUT2D eigenvalue weighted by Gasteiger charge is 2.35. The minimum Gasteiger partial charge on any atom is -0.466 e. The molecule has 1 aromatic carbocycles. The molecule has 4 nitrogen and oxygen atoms in total. The summed E-state index contributed by atoms with van der Waals surface area (Å²) in [7, 11) is 0. The normalized spacial score (nSPS) is 15.3. The summed E-state index contributed by atoms with van der Waals surface area (Å²) in [4.78, 5) is 25.7. The molecule has 1 aliphatic carbocycles. The van der Waals surface area contributed by atoms with E-state index in [-0.39, 0.29) is 30.7 Å². The van der Waals surface area contributed by atoms with Crippen molar-refractivity contribution >= 4 is 11.9 Å². The van der Waals surface area contributed by atoms with E-state index in [1.165, 1.54) is 6.07 Å². The van der Waals surface area contributed by atoms with Crippen LogP contribution in [0.3, 0.4) is 0 Å². The molecule has 0 bridgehead atoms. The number of carbonyl (C=O) groups excluding carboxylic acids is 2. The average molecular weight is 311 g/mol. The van der Waals surface area contributed by atoms with Gasteiger partial charge in [0.25, 0.3) is 5.91 Å². The molecule has 2 rings (SSSR count). The number of rotatable bonds is 6. The van der Waals surface area contributed by atoms with Gasteiger partial charge in [-0.1, -0.05) is 6.92 Å². The molecule has 0 N–H and O–H groups in total. The number of carbonyl (C=O) groups is 2. The van der Waals surface area contributed by atoms with Gasteiger partial charge in [0.2, 0.25) is 0 Å². The van der Waals surface area contributed by atoms with Crippen LogP contribution in [0.5, 0.6) is 0 Å². The first-order valence-electron chi connectivity index (χ1n) is 7.36. The first-order valence-corrected chi connectivity index (χ1v) is 7.36. The summed E-state index contributed by atoms with van der Waals surface area (Å²) in [6, 6.07) is 3.13. The van der Waals surface area contributed by atoms with E-state index in [1.54, 1.807) is 18.7 Å². The third-order valence-electron chi connectivity index (χ3n) is 3.57. The number of amides is 1. The fraction of sp³-hybridized carbons (Fsp3) is 0.500. The maximum atomic E-state index is 13.3. The lowest BCUT2D eigenvalue weighted by atomic mass is 10.1. The second-order valence-corrected chi connectivity index (χ2v) is 5.47. The Morgan fingerprint density at radius 1 is 1.32 bits per heavy atom. The van der Waals surface area contributed by atoms with Crippen LogP contribution in [0.15, 0.2) is 18.2 Å². The fourth-order valence-corrected chi connectivity index (χ4v) is 2.23. The summed E-state index contributed by atoms with van der Waals surface area (Å²) < 4.78 is 31.2. The molecule has 1 aliphatic rings. The number of hydrogen-bond donors (Lipinski definition) is 0. The van der Waals surface area contributed by atoms with Crippen LogP contribution in [0.1, 0.15) is 37.0 Å². The van der Waals surface area contributed by atoms with Gasteiger partial charge in [0, 0.05) is 18.2 Å². The van der Waals surface area contributed by atoms with Crippen LogP contribution in [0.25, 0.3) is 0 Å². The van der Waals surface area contributed by atoms with Crippen LogP contribution in [0.4, 0.5) is 8.78 Å². The number of ether oxygens (including phenoxy) is 1. The van der Waals surface area contributed by atoms with Crippen LogP contribution >= 0.6 is 0 Å². The molecule has 120 valence electrons. The molecule has 0 saturated heterocycles. The Hall–Kier alpha value is -1.98. The van der Waals surface area contributed by atoms with Crippen molar-refractivity contribution in [1.82, 2.24) is 4.90 Å². The van der Waals surface area contributed by atoms with Crippen molar-refractivity contribution in [1.29, 1.82) is 0 Å². The van der Waals surface area contributed by atoms with Crippen LogP contribution < -0.4 is 0 Å². The first kappa shape index (κ1) is 16.4. The van der Waals surface area contributed by atoms with E-state index >= 15 is 0 Å². The van der Waals surface area contributed by atoms with Gasteiger partial charge in [-0.2, -0.15) is 0 Å². The van der Waals surface area contributed by atoms with E-state index in [2.05, 4.69) is 0 Å². The summed E-state index contributed by atoms with van der Waals surface area (Å²) in [5.74, 6) is -3.27. The summed E-state index contributed by atoms with van der Waals surface area (Å²) in [5.41, 5.74) is 0.0851. The molecule has 0 spiro atoms. The molecule has 0 radical (unpaired) electrons. The first-order chi connectivity index (χ1) is 10.4. The number of esters is 1. The molecule has 6 heteroatoms. The number of halogens is 2. The molecule has 1 saturated carbocycles. The highest BCUT2D eigenvalue weighted by Crippen LogP contribution is 2.29. The van der Waals surface area contributed by atoms with Crippen molar-refractivity contribution in [3.8, 4) is 0 Å². The quantitative estimate of drug-likeness (QED) is 0.759. The summed E-state index contributed by atoms with van der Waals surface area (Å²) in [6.07, 6.45) is 1.70. The van der Waals surface area contributed by atoms with Crippen molar-refractivity contribution in [2.24, 2.45) is 5.92 Å². The van der Waals surface area contributed by atoms with Crippen LogP contribution in [-0.4, -0.2) is 36.0 Å². The van der Waals surface area contributed by atoms with Gasteiger partial charge in [0.15, 0.2) is 11.6 Å². The minimum atomic E-state index is -1.06. The van der Waals surface area contributed by atoms with E-state index in [9.17, 15) is 18.4 Å². The third kappa shape index (κ3) is 3.81. The maximum absolute atomic E-state index is 13.3. The Bertz CT molecular complexity index is 573. The Morgan fingerprint density at radius 2 is 2.00 bits per heavy atom. The van der Waals surface area contributed by atoms with Gasteiger partial charge in [-0.15, -0.1) is 0 Å². The molecule has 0 aliphatic heterocycles. The SMILES string of the molecule is CCOC(=O)C(C)CN(C(=O)c1ccc(F)c(F)c1)C1CC1. The van der Waals surface area contributed by atoms with Crippen molar-refractivity contribution in [2.45, 2.75) is 32.7 Å². The standard InChI is InChI=1S/C16H19F2NO3/c1-3-22-16(21)10(2)9-19(12-5-6-12)15(20)11-4-7-13(17)14(18)8-11/h4,7-8,10,12H,3,5-6,9H2,1-2H3. The second-order valence-electron chi connectivity index (χ2n) is 5.47. The predicted octanol–water partition coefficient (Wildman–Crippen LogP) is 2.77. The van der Waals surface area contributed by atoms with Gasteiger partial charge in [-0.05, 0) is 38.0 Å². The van der Waals surface area contributed by atoms with Gasteiger partial charge in [-0.3, -0.25) is 9.59 Å². The van der Waals surface area contributed by atoms with Gasteiger partial charge in [0.1, 0.15) is 0 Å². The Kier molecular flexibility index (Phi) is 5.11. The Balaban J connectivity index is 2.12. The van der Waals surface area contributed by atoms with Gasteiger partial charge < -0.3 is 9.64 Å². The van der Waals surface area contributed by atoms with E-state index in [1.807, 2.05) is 0 Å². The number of hydrogen-bond acceptors (Lipinski definition) is 3. The molecular formula is C16H19F2NO3. The topological polar surface area (TPSA) is 46.6 Å². The van der Waals surface area contributed by atoms with Crippen molar-refractivity contribution < 1.29 is 23.1 Å². The average Bonchev–Trinajstić information content (AvgIpc) is 3.31. The zero-order valence-corrected chi connectivity index (χ0v) is 12.6. The molecule has 0 aromatic heterocycles. The Morgan fingerprint density at radius 3 is 2.55 bits per heavy atom. The van der Waals surface area contributed by atoms with E-state index in [0.717, 1.165) is 25.0 Å². The van der Waals surface area contributed by atoms with E-state index in [0.29, 0.717) is 0 Å². The summed E-state index contributed by atoms with van der Waals surface area (Å²) in [6.45, 7) is 3.90. The molecule has 1 aromatic rings. The highest BCUT2D eigenvalue weighted by atomic mass is 19.2. The van der Waals surface area contributed by atoms with Gasteiger partial charge in [0.05, 0.1) is 12.5 Å². The van der Waals surface area contributed by atoms with Gasteiger partial charge >= 0.3 is 5.97 Å². The van der Waals surface area contributed by atoms with Crippen LogP contribution in [-0.2, 0) is 9.53 Å². The zero-order chi connectivity index (χ0) is 16.3. The van der Waals surface area contributed by atoms with Gasteiger partial charge in [-0.25, -0.2) is 8.78 Å². The smallest absolute Gasteiger partial charge is 0.310 e. The molecule has 1 fully saturated rings. The second kappa shape index (κ2) is 6.85. The Labute approximate surface area is 128 Å². The fourth-order valence-electron chi connectivity index (χ4n) is 2.23. The lowest BCUT2D eigenvalue weighted by molar-refractivity contribution is -0.147. The number of benzene rings is 1. The molecule has 1 atom stereocenters. The van der Waals surface area contributed by atoms with Crippen molar-refractivity contribution in [2.75, 3.05) is 13.2 Å². The molecular weight excluding hydrogens is 292 g/mol. The minimum absolute atomic E-state index is 0.0532.